The number of amides is 2. The number of carbonyl (C=O) groups is 2. The Morgan fingerprint density at radius 2 is 1.79 bits per heavy atom. The third-order valence-corrected chi connectivity index (χ3v) is 6.75. The molecule has 4 rings (SSSR count). The summed E-state index contributed by atoms with van der Waals surface area (Å²) in [5, 5.41) is 3.40. The molecule has 1 fully saturated rings. The highest BCUT2D eigenvalue weighted by atomic mass is 35.5. The topological polar surface area (TPSA) is 71.0 Å². The molecule has 0 aromatic heterocycles. The molecular formula is C26H24ClN3O3S. The Morgan fingerprint density at radius 1 is 1.09 bits per heavy atom. The molecule has 1 saturated heterocycles. The minimum Gasteiger partial charge on any atom is -0.497 e. The van der Waals surface area contributed by atoms with E-state index in [0.29, 0.717) is 28.8 Å². The Kier molecular flexibility index (Phi) is 7.87. The summed E-state index contributed by atoms with van der Waals surface area (Å²) in [5.41, 5.74) is 2.44. The zero-order chi connectivity index (χ0) is 23.9. The summed E-state index contributed by atoms with van der Waals surface area (Å²) >= 11 is 7.24. The summed E-state index contributed by atoms with van der Waals surface area (Å²) in [6, 6.07) is 24.1. The van der Waals surface area contributed by atoms with Crippen molar-refractivity contribution >= 4 is 51.7 Å². The Balaban J connectivity index is 1.51. The molecule has 1 atom stereocenters. The largest absolute Gasteiger partial charge is 0.497 e. The Labute approximate surface area is 208 Å². The number of hydrogen-bond donors (Lipinski definition) is 1. The summed E-state index contributed by atoms with van der Waals surface area (Å²) in [4.78, 5) is 32.5. The molecule has 2 amide bonds. The van der Waals surface area contributed by atoms with E-state index in [0.717, 1.165) is 17.0 Å². The van der Waals surface area contributed by atoms with Crippen LogP contribution in [0.3, 0.4) is 0 Å². The highest BCUT2D eigenvalue weighted by molar-refractivity contribution is 8.15. The van der Waals surface area contributed by atoms with Crippen molar-refractivity contribution in [3.05, 3.63) is 89.4 Å². The van der Waals surface area contributed by atoms with Crippen LogP contribution in [0, 0.1) is 0 Å². The maximum atomic E-state index is 13.1. The van der Waals surface area contributed by atoms with Crippen LogP contribution in [0.5, 0.6) is 5.75 Å². The Morgan fingerprint density at radius 3 is 2.47 bits per heavy atom. The van der Waals surface area contributed by atoms with E-state index in [2.05, 4.69) is 5.32 Å². The van der Waals surface area contributed by atoms with Gasteiger partial charge < -0.3 is 10.1 Å². The van der Waals surface area contributed by atoms with E-state index in [4.69, 9.17) is 21.3 Å². The second-order valence-corrected chi connectivity index (χ2v) is 9.29. The molecule has 1 unspecified atom stereocenters. The first-order valence-electron chi connectivity index (χ1n) is 10.8. The Hall–Kier alpha value is -3.29. The quantitative estimate of drug-likeness (QED) is 0.468. The van der Waals surface area contributed by atoms with Crippen LogP contribution >= 0.6 is 23.4 Å². The van der Waals surface area contributed by atoms with E-state index in [1.165, 1.54) is 11.8 Å². The van der Waals surface area contributed by atoms with Gasteiger partial charge in [0.25, 0.3) is 0 Å². The molecule has 1 N–H and O–H groups in total. The van der Waals surface area contributed by atoms with Gasteiger partial charge in [0.2, 0.25) is 11.8 Å². The zero-order valence-corrected chi connectivity index (χ0v) is 20.2. The number of aliphatic imine (C=N–C) groups is 1. The van der Waals surface area contributed by atoms with E-state index in [1.54, 1.807) is 36.3 Å². The van der Waals surface area contributed by atoms with Gasteiger partial charge >= 0.3 is 0 Å². The molecule has 34 heavy (non-hydrogen) atoms. The predicted octanol–water partition coefficient (Wildman–Crippen LogP) is 5.55. The minimum atomic E-state index is -0.581. The number of methoxy groups -OCH3 is 1. The third-order valence-electron chi connectivity index (χ3n) is 5.31. The average molecular weight is 494 g/mol. The molecular weight excluding hydrogens is 470 g/mol. The fourth-order valence-electron chi connectivity index (χ4n) is 3.46. The normalized spacial score (nSPS) is 17.0. The molecule has 0 radical (unpaired) electrons. The first-order chi connectivity index (χ1) is 16.5. The number of anilines is 1. The number of ether oxygens (including phenoxy) is 1. The molecule has 1 aliphatic rings. The van der Waals surface area contributed by atoms with Gasteiger partial charge in [0.15, 0.2) is 5.17 Å². The smallest absolute Gasteiger partial charge is 0.238 e. The second-order valence-electron chi connectivity index (χ2n) is 7.68. The van der Waals surface area contributed by atoms with E-state index in [1.807, 2.05) is 54.6 Å². The number of para-hydroxylation sites is 1. The maximum absolute atomic E-state index is 13.1. The van der Waals surface area contributed by atoms with Crippen molar-refractivity contribution in [2.24, 2.45) is 4.99 Å². The summed E-state index contributed by atoms with van der Waals surface area (Å²) in [5.74, 6) is 0.420. The van der Waals surface area contributed by atoms with Gasteiger partial charge in [0, 0.05) is 23.7 Å². The van der Waals surface area contributed by atoms with Crippen LogP contribution in [-0.2, 0) is 16.0 Å². The molecule has 0 saturated carbocycles. The number of hydrogen-bond acceptors (Lipinski definition) is 5. The van der Waals surface area contributed by atoms with Gasteiger partial charge in [-0.05, 0) is 60.5 Å². The molecule has 1 aliphatic heterocycles. The lowest BCUT2D eigenvalue weighted by Crippen LogP contribution is -2.46. The molecule has 0 aliphatic carbocycles. The van der Waals surface area contributed by atoms with Crippen LogP contribution < -0.4 is 10.1 Å². The van der Waals surface area contributed by atoms with Crippen LogP contribution in [0.4, 0.5) is 11.4 Å². The molecule has 3 aromatic rings. The molecule has 6 nitrogen and oxygen atoms in total. The number of thioether (sulfide) groups is 1. The van der Waals surface area contributed by atoms with Crippen molar-refractivity contribution in [1.82, 2.24) is 4.90 Å². The fourth-order valence-corrected chi connectivity index (χ4v) is 4.71. The van der Waals surface area contributed by atoms with Gasteiger partial charge in [-0.25, -0.2) is 4.99 Å². The number of halogens is 1. The first-order valence-corrected chi connectivity index (χ1v) is 12.1. The van der Waals surface area contributed by atoms with E-state index >= 15 is 0 Å². The molecule has 0 bridgehead atoms. The van der Waals surface area contributed by atoms with E-state index in [-0.39, 0.29) is 18.2 Å². The molecule has 174 valence electrons. The molecule has 3 aromatic carbocycles. The van der Waals surface area contributed by atoms with Crippen molar-refractivity contribution in [2.75, 3.05) is 19.0 Å². The number of carbonyl (C=O) groups excluding carboxylic acids is 2. The van der Waals surface area contributed by atoms with Gasteiger partial charge in [0.1, 0.15) is 11.0 Å². The van der Waals surface area contributed by atoms with Crippen molar-refractivity contribution in [2.45, 2.75) is 18.1 Å². The fraction of sp³-hybridized carbons (Fsp3) is 0.192. The predicted molar refractivity (Wildman–Crippen MR) is 138 cm³/mol. The number of amidine groups is 1. The third kappa shape index (κ3) is 6.18. The van der Waals surface area contributed by atoms with Crippen molar-refractivity contribution in [3.8, 4) is 5.75 Å². The zero-order valence-electron chi connectivity index (χ0n) is 18.6. The first kappa shape index (κ1) is 23.9. The summed E-state index contributed by atoms with van der Waals surface area (Å²) < 4.78 is 5.22. The minimum absolute atomic E-state index is 0.0977. The second kappa shape index (κ2) is 11.2. The SMILES string of the molecule is COc1ccc(CCN2C(=O)CC(C(=O)Nc3ccc(Cl)cc3)SC2=Nc2ccccc2)cc1. The van der Waals surface area contributed by atoms with Gasteiger partial charge in [-0.3, -0.25) is 14.5 Å². The lowest BCUT2D eigenvalue weighted by molar-refractivity contribution is -0.129. The van der Waals surface area contributed by atoms with Gasteiger partial charge in [-0.15, -0.1) is 0 Å². The number of nitrogens with zero attached hydrogens (tertiary/aromatic N) is 2. The molecule has 8 heteroatoms. The Bertz CT molecular complexity index is 1170. The highest BCUT2D eigenvalue weighted by Gasteiger charge is 2.35. The highest BCUT2D eigenvalue weighted by Crippen LogP contribution is 2.30. The summed E-state index contributed by atoms with van der Waals surface area (Å²) in [6.07, 6.45) is 0.756. The molecule has 0 spiro atoms. The lowest BCUT2D eigenvalue weighted by Gasteiger charge is -2.32. The van der Waals surface area contributed by atoms with Crippen LogP contribution in [0.25, 0.3) is 0 Å². The van der Waals surface area contributed by atoms with Gasteiger partial charge in [-0.1, -0.05) is 53.7 Å². The number of rotatable bonds is 7. The van der Waals surface area contributed by atoms with E-state index in [9.17, 15) is 9.59 Å². The monoisotopic (exact) mass is 493 g/mol. The van der Waals surface area contributed by atoms with Crippen LogP contribution in [0.15, 0.2) is 83.9 Å². The average Bonchev–Trinajstić information content (AvgIpc) is 2.85. The number of benzene rings is 3. The standard InChI is InChI=1S/C26H24ClN3O3S/c1-33-22-13-7-18(8-14-22)15-16-30-24(31)17-23(25(32)28-21-11-9-19(27)10-12-21)34-26(30)29-20-5-3-2-4-6-20/h2-14,23H,15-17H2,1H3,(H,28,32). The van der Waals surface area contributed by atoms with Gasteiger partial charge in [0.05, 0.1) is 12.8 Å². The lowest BCUT2D eigenvalue weighted by atomic mass is 10.1. The van der Waals surface area contributed by atoms with Crippen molar-refractivity contribution in [1.29, 1.82) is 0 Å². The van der Waals surface area contributed by atoms with Crippen LogP contribution in [-0.4, -0.2) is 40.8 Å². The van der Waals surface area contributed by atoms with Crippen LogP contribution in [0.2, 0.25) is 5.02 Å². The van der Waals surface area contributed by atoms with Gasteiger partial charge in [-0.2, -0.15) is 0 Å². The summed E-state index contributed by atoms with van der Waals surface area (Å²) in [6.45, 7) is 0.468. The van der Waals surface area contributed by atoms with Crippen molar-refractivity contribution < 1.29 is 14.3 Å². The maximum Gasteiger partial charge on any atom is 0.238 e. The number of nitrogens with one attached hydrogen (secondary N) is 1. The summed E-state index contributed by atoms with van der Waals surface area (Å²) in [7, 11) is 1.63. The van der Waals surface area contributed by atoms with Crippen LogP contribution in [0.1, 0.15) is 12.0 Å². The van der Waals surface area contributed by atoms with Crippen molar-refractivity contribution in [3.63, 3.8) is 0 Å². The van der Waals surface area contributed by atoms with E-state index < -0.39 is 5.25 Å². The molecule has 1 heterocycles.